The van der Waals surface area contributed by atoms with Crippen molar-refractivity contribution in [3.8, 4) is 5.75 Å². The van der Waals surface area contributed by atoms with Crippen LogP contribution >= 0.6 is 12.4 Å². The number of ether oxygens (including phenoxy) is 1. The fourth-order valence-electron chi connectivity index (χ4n) is 3.34. The molecule has 1 fully saturated rings. The number of nitrogens with zero attached hydrogens (tertiary/aromatic N) is 1. The van der Waals surface area contributed by atoms with Crippen molar-refractivity contribution in [1.29, 1.82) is 0 Å². The van der Waals surface area contributed by atoms with Crippen molar-refractivity contribution in [2.24, 2.45) is 5.73 Å². The van der Waals surface area contributed by atoms with E-state index in [0.29, 0.717) is 0 Å². The number of benzene rings is 2. The molecule has 0 amide bonds. The summed E-state index contributed by atoms with van der Waals surface area (Å²) in [6.07, 6.45) is 5.13. The van der Waals surface area contributed by atoms with Gasteiger partial charge in [0.05, 0.1) is 13.2 Å². The third kappa shape index (κ3) is 4.22. The van der Waals surface area contributed by atoms with E-state index in [1.165, 1.54) is 36.9 Å². The molecule has 3 nitrogen and oxygen atoms in total. The first-order valence-corrected chi connectivity index (χ1v) is 8.53. The topological polar surface area (TPSA) is 38.5 Å². The van der Waals surface area contributed by atoms with Crippen molar-refractivity contribution in [1.82, 2.24) is 0 Å². The van der Waals surface area contributed by atoms with Crippen LogP contribution in [0.15, 0.2) is 48.5 Å². The monoisotopic (exact) mass is 346 g/mol. The Bertz CT molecular complexity index is 625. The molecule has 1 heterocycles. The predicted molar refractivity (Wildman–Crippen MR) is 103 cm³/mol. The maximum Gasteiger partial charge on any atom is 0.120 e. The van der Waals surface area contributed by atoms with E-state index in [4.69, 9.17) is 10.5 Å². The highest BCUT2D eigenvalue weighted by Gasteiger charge is 2.19. The quantitative estimate of drug-likeness (QED) is 0.882. The Morgan fingerprint density at radius 2 is 1.62 bits per heavy atom. The third-order valence-electron chi connectivity index (χ3n) is 4.68. The number of methoxy groups -OCH3 is 1. The standard InChI is InChI=1S/C20H26N2O.ClH/c1-23-17-11-12-18(20(21)16-9-5-4-6-10-16)19(15-17)22-13-7-2-3-8-14-22;/h4-6,9-12,15,20H,2-3,7-8,13-14,21H2,1H3;1H. The minimum absolute atomic E-state index is 0. The van der Waals surface area contributed by atoms with Gasteiger partial charge < -0.3 is 15.4 Å². The summed E-state index contributed by atoms with van der Waals surface area (Å²) in [4.78, 5) is 2.48. The molecule has 4 heteroatoms. The lowest BCUT2D eigenvalue weighted by Crippen LogP contribution is -2.27. The van der Waals surface area contributed by atoms with Crippen LogP contribution in [0, 0.1) is 0 Å². The predicted octanol–water partition coefficient (Wildman–Crippen LogP) is 4.55. The van der Waals surface area contributed by atoms with Crippen LogP contribution in [0.1, 0.15) is 42.9 Å². The van der Waals surface area contributed by atoms with Gasteiger partial charge in [-0.3, -0.25) is 0 Å². The Balaban J connectivity index is 0.00000208. The zero-order valence-electron chi connectivity index (χ0n) is 14.3. The van der Waals surface area contributed by atoms with Crippen LogP contribution in [0.2, 0.25) is 0 Å². The number of hydrogen-bond acceptors (Lipinski definition) is 3. The normalized spacial score (nSPS) is 16.0. The van der Waals surface area contributed by atoms with Crippen molar-refractivity contribution in [2.75, 3.05) is 25.1 Å². The summed E-state index contributed by atoms with van der Waals surface area (Å²) in [5, 5.41) is 0. The number of nitrogens with two attached hydrogens (primary N) is 1. The van der Waals surface area contributed by atoms with Gasteiger partial charge in [-0.2, -0.15) is 0 Å². The summed E-state index contributed by atoms with van der Waals surface area (Å²) in [5.41, 5.74) is 10.1. The highest BCUT2D eigenvalue weighted by molar-refractivity contribution is 5.85. The molecule has 0 aliphatic carbocycles. The van der Waals surface area contributed by atoms with E-state index in [0.717, 1.165) is 24.4 Å². The summed E-state index contributed by atoms with van der Waals surface area (Å²) >= 11 is 0. The van der Waals surface area contributed by atoms with E-state index in [9.17, 15) is 0 Å². The fourth-order valence-corrected chi connectivity index (χ4v) is 3.34. The second kappa shape index (κ2) is 8.95. The van der Waals surface area contributed by atoms with Crippen LogP contribution in [-0.4, -0.2) is 20.2 Å². The Morgan fingerprint density at radius 3 is 2.25 bits per heavy atom. The van der Waals surface area contributed by atoms with Gasteiger partial charge in [-0.05, 0) is 30.0 Å². The fraction of sp³-hybridized carbons (Fsp3) is 0.400. The van der Waals surface area contributed by atoms with Crippen molar-refractivity contribution >= 4 is 18.1 Å². The van der Waals surface area contributed by atoms with Crippen molar-refractivity contribution in [2.45, 2.75) is 31.7 Å². The van der Waals surface area contributed by atoms with Crippen LogP contribution in [0.3, 0.4) is 0 Å². The first kappa shape index (κ1) is 18.6. The zero-order chi connectivity index (χ0) is 16.1. The van der Waals surface area contributed by atoms with Crippen LogP contribution in [0.25, 0.3) is 0 Å². The summed E-state index contributed by atoms with van der Waals surface area (Å²) in [6, 6.07) is 16.5. The molecule has 3 rings (SSSR count). The van der Waals surface area contributed by atoms with Crippen molar-refractivity contribution in [3.63, 3.8) is 0 Å². The van der Waals surface area contributed by atoms with Crippen LogP contribution in [0.5, 0.6) is 5.75 Å². The molecule has 1 atom stereocenters. The van der Waals surface area contributed by atoms with Gasteiger partial charge in [0.15, 0.2) is 0 Å². The van der Waals surface area contributed by atoms with E-state index in [1.807, 2.05) is 24.3 Å². The van der Waals surface area contributed by atoms with Gasteiger partial charge in [-0.15, -0.1) is 12.4 Å². The molecule has 130 valence electrons. The average Bonchev–Trinajstić information content (AvgIpc) is 2.90. The van der Waals surface area contributed by atoms with Gasteiger partial charge >= 0.3 is 0 Å². The second-order valence-corrected chi connectivity index (χ2v) is 6.21. The Kier molecular flexibility index (Phi) is 6.95. The molecule has 0 saturated carbocycles. The smallest absolute Gasteiger partial charge is 0.120 e. The van der Waals surface area contributed by atoms with Crippen LogP contribution < -0.4 is 15.4 Å². The molecule has 2 N–H and O–H groups in total. The Labute approximate surface area is 151 Å². The summed E-state index contributed by atoms with van der Waals surface area (Å²) < 4.78 is 5.45. The largest absolute Gasteiger partial charge is 0.497 e. The molecule has 1 aliphatic rings. The third-order valence-corrected chi connectivity index (χ3v) is 4.68. The molecular weight excluding hydrogens is 320 g/mol. The summed E-state index contributed by atoms with van der Waals surface area (Å²) in [6.45, 7) is 2.20. The molecule has 2 aromatic rings. The molecule has 24 heavy (non-hydrogen) atoms. The molecule has 2 aromatic carbocycles. The van der Waals surface area contributed by atoms with Crippen molar-refractivity contribution < 1.29 is 4.74 Å². The SMILES string of the molecule is COc1ccc(C(N)c2ccccc2)c(N2CCCCCC2)c1.Cl. The summed E-state index contributed by atoms with van der Waals surface area (Å²) in [5.74, 6) is 0.897. The first-order valence-electron chi connectivity index (χ1n) is 8.53. The number of anilines is 1. The van der Waals surface area contributed by atoms with Gasteiger partial charge in [0.25, 0.3) is 0 Å². The Hall–Kier alpha value is -1.71. The molecule has 0 aromatic heterocycles. The summed E-state index contributed by atoms with van der Waals surface area (Å²) in [7, 11) is 1.72. The lowest BCUT2D eigenvalue weighted by atomic mass is 9.97. The molecule has 1 saturated heterocycles. The molecule has 0 bridgehead atoms. The molecule has 0 radical (unpaired) electrons. The highest BCUT2D eigenvalue weighted by Crippen LogP contribution is 2.33. The lowest BCUT2D eigenvalue weighted by Gasteiger charge is -2.28. The van der Waals surface area contributed by atoms with Gasteiger partial charge in [0.1, 0.15) is 5.75 Å². The minimum Gasteiger partial charge on any atom is -0.497 e. The number of rotatable bonds is 4. The van der Waals surface area contributed by atoms with Crippen LogP contribution in [0.4, 0.5) is 5.69 Å². The zero-order valence-corrected chi connectivity index (χ0v) is 15.1. The van der Waals surface area contributed by atoms with Crippen LogP contribution in [-0.2, 0) is 0 Å². The van der Waals surface area contributed by atoms with E-state index < -0.39 is 0 Å². The average molecular weight is 347 g/mol. The lowest BCUT2D eigenvalue weighted by molar-refractivity contribution is 0.414. The van der Waals surface area contributed by atoms with Gasteiger partial charge in [-0.1, -0.05) is 49.2 Å². The molecular formula is C20H27ClN2O. The minimum atomic E-state index is -0.111. The Morgan fingerprint density at radius 1 is 0.958 bits per heavy atom. The molecule has 0 spiro atoms. The van der Waals surface area contributed by atoms with Gasteiger partial charge in [0, 0.05) is 24.8 Å². The number of hydrogen-bond donors (Lipinski definition) is 1. The maximum atomic E-state index is 6.59. The maximum absolute atomic E-state index is 6.59. The van der Waals surface area contributed by atoms with Crippen molar-refractivity contribution in [3.05, 3.63) is 59.7 Å². The molecule has 1 unspecified atom stereocenters. The van der Waals surface area contributed by atoms with Gasteiger partial charge in [-0.25, -0.2) is 0 Å². The van der Waals surface area contributed by atoms with E-state index >= 15 is 0 Å². The highest BCUT2D eigenvalue weighted by atomic mass is 35.5. The molecule has 1 aliphatic heterocycles. The van der Waals surface area contributed by atoms with E-state index in [2.05, 4.69) is 29.2 Å². The van der Waals surface area contributed by atoms with E-state index in [-0.39, 0.29) is 18.4 Å². The van der Waals surface area contributed by atoms with Gasteiger partial charge in [0.2, 0.25) is 0 Å². The van der Waals surface area contributed by atoms with E-state index in [1.54, 1.807) is 7.11 Å². The first-order chi connectivity index (χ1) is 11.3. The second-order valence-electron chi connectivity index (χ2n) is 6.21. The number of halogens is 1.